The van der Waals surface area contributed by atoms with Crippen molar-refractivity contribution in [2.75, 3.05) is 18.0 Å². The highest BCUT2D eigenvalue weighted by atomic mass is 16.2. The number of nitrogens with zero attached hydrogens (tertiary/aromatic N) is 1. The first-order chi connectivity index (χ1) is 9.02. The van der Waals surface area contributed by atoms with Gasteiger partial charge in [-0.2, -0.15) is 0 Å². The second-order valence-electron chi connectivity index (χ2n) is 4.83. The summed E-state index contributed by atoms with van der Waals surface area (Å²) < 4.78 is 0. The van der Waals surface area contributed by atoms with E-state index in [1.165, 1.54) is 0 Å². The van der Waals surface area contributed by atoms with Crippen LogP contribution in [0.5, 0.6) is 0 Å². The molecule has 0 spiro atoms. The van der Waals surface area contributed by atoms with Crippen LogP contribution in [-0.2, 0) is 4.79 Å². The van der Waals surface area contributed by atoms with Crippen molar-refractivity contribution in [1.29, 1.82) is 0 Å². The summed E-state index contributed by atoms with van der Waals surface area (Å²) in [4.78, 5) is 25.4. The van der Waals surface area contributed by atoms with Crippen LogP contribution in [0, 0.1) is 6.92 Å². The summed E-state index contributed by atoms with van der Waals surface area (Å²) in [5, 5.41) is 2.75. The molecule has 5 heteroatoms. The average Bonchev–Trinajstić information content (AvgIpc) is 2.69. The zero-order valence-corrected chi connectivity index (χ0v) is 11.3. The van der Waals surface area contributed by atoms with E-state index >= 15 is 0 Å². The number of hydrogen-bond donors (Lipinski definition) is 2. The Balaban J connectivity index is 2.32. The van der Waals surface area contributed by atoms with E-state index < -0.39 is 0 Å². The third-order valence-electron chi connectivity index (χ3n) is 3.25. The molecule has 0 bridgehead atoms. The highest BCUT2D eigenvalue weighted by molar-refractivity contribution is 6.00. The molecule has 19 heavy (non-hydrogen) atoms. The van der Waals surface area contributed by atoms with Gasteiger partial charge in [-0.15, -0.1) is 0 Å². The van der Waals surface area contributed by atoms with Crippen LogP contribution in [0.15, 0.2) is 18.2 Å². The first-order valence-electron chi connectivity index (χ1n) is 6.47. The fourth-order valence-electron chi connectivity index (χ4n) is 2.27. The topological polar surface area (TPSA) is 75.4 Å². The number of rotatable bonds is 3. The van der Waals surface area contributed by atoms with Gasteiger partial charge in [0.05, 0.1) is 0 Å². The number of hydrogen-bond acceptors (Lipinski definition) is 3. The summed E-state index contributed by atoms with van der Waals surface area (Å²) in [7, 11) is 0. The maximum Gasteiger partial charge on any atom is 0.251 e. The van der Waals surface area contributed by atoms with Gasteiger partial charge in [-0.1, -0.05) is 6.07 Å². The van der Waals surface area contributed by atoms with Crippen LogP contribution < -0.4 is 16.0 Å². The van der Waals surface area contributed by atoms with Crippen LogP contribution in [0.4, 0.5) is 5.69 Å². The van der Waals surface area contributed by atoms with Gasteiger partial charge in [0.15, 0.2) is 0 Å². The summed E-state index contributed by atoms with van der Waals surface area (Å²) >= 11 is 0. The molecule has 1 unspecified atom stereocenters. The number of carbonyl (C=O) groups excluding carboxylic acids is 2. The number of anilines is 1. The first kappa shape index (κ1) is 13.5. The summed E-state index contributed by atoms with van der Waals surface area (Å²) in [5.74, 6) is -0.108. The molecule has 0 aliphatic carbocycles. The summed E-state index contributed by atoms with van der Waals surface area (Å²) in [6.45, 7) is 4.89. The molecule has 2 amide bonds. The zero-order chi connectivity index (χ0) is 14.0. The van der Waals surface area contributed by atoms with Gasteiger partial charge in [0, 0.05) is 36.8 Å². The number of carbonyl (C=O) groups is 2. The molecule has 1 heterocycles. The van der Waals surface area contributed by atoms with Crippen LogP contribution in [0.25, 0.3) is 0 Å². The molecule has 102 valence electrons. The molecule has 0 radical (unpaired) electrons. The molecule has 1 aromatic rings. The lowest BCUT2D eigenvalue weighted by Gasteiger charge is -2.19. The van der Waals surface area contributed by atoms with Gasteiger partial charge < -0.3 is 16.0 Å². The maximum atomic E-state index is 11.9. The number of nitrogens with one attached hydrogen (secondary N) is 1. The van der Waals surface area contributed by atoms with Crippen molar-refractivity contribution in [2.45, 2.75) is 26.3 Å². The lowest BCUT2D eigenvalue weighted by atomic mass is 10.1. The third kappa shape index (κ3) is 2.76. The van der Waals surface area contributed by atoms with Crippen molar-refractivity contribution in [3.63, 3.8) is 0 Å². The Kier molecular flexibility index (Phi) is 3.85. The van der Waals surface area contributed by atoms with Crippen molar-refractivity contribution in [3.05, 3.63) is 29.3 Å². The van der Waals surface area contributed by atoms with Gasteiger partial charge in [0.2, 0.25) is 5.91 Å². The van der Waals surface area contributed by atoms with E-state index in [2.05, 4.69) is 5.32 Å². The monoisotopic (exact) mass is 261 g/mol. The first-order valence-corrected chi connectivity index (χ1v) is 6.47. The van der Waals surface area contributed by atoms with E-state index in [-0.39, 0.29) is 17.9 Å². The normalized spacial score (nSPS) is 18.8. The highest BCUT2D eigenvalue weighted by Gasteiger charge is 2.29. The van der Waals surface area contributed by atoms with Crippen LogP contribution in [0.3, 0.4) is 0 Å². The summed E-state index contributed by atoms with van der Waals surface area (Å²) in [6, 6.07) is 5.26. The third-order valence-corrected chi connectivity index (χ3v) is 3.25. The molecule has 1 atom stereocenters. The fraction of sp³-hybridized carbons (Fsp3) is 0.429. The Morgan fingerprint density at radius 3 is 2.84 bits per heavy atom. The largest absolute Gasteiger partial charge is 0.352 e. The molecule has 1 fully saturated rings. The quantitative estimate of drug-likeness (QED) is 0.845. The van der Waals surface area contributed by atoms with E-state index in [9.17, 15) is 9.59 Å². The van der Waals surface area contributed by atoms with Gasteiger partial charge in [-0.3, -0.25) is 9.59 Å². The lowest BCUT2D eigenvalue weighted by molar-refractivity contribution is -0.117. The Bertz CT molecular complexity index is 513. The molecule has 1 aromatic carbocycles. The lowest BCUT2D eigenvalue weighted by Crippen LogP contribution is -2.29. The number of aryl methyl sites for hydroxylation is 1. The van der Waals surface area contributed by atoms with E-state index in [0.717, 1.165) is 11.3 Å². The Hall–Kier alpha value is -1.88. The molecule has 1 aliphatic heterocycles. The maximum absolute atomic E-state index is 11.9. The number of amides is 2. The zero-order valence-electron chi connectivity index (χ0n) is 11.3. The van der Waals surface area contributed by atoms with Crippen molar-refractivity contribution in [3.8, 4) is 0 Å². The van der Waals surface area contributed by atoms with Gasteiger partial charge in [-0.05, 0) is 31.5 Å². The molecular formula is C14H19N3O2. The molecule has 0 saturated carbocycles. The minimum Gasteiger partial charge on any atom is -0.352 e. The molecule has 1 aliphatic rings. The standard InChI is InChI=1S/C14H19N3O2/c1-3-16-14(19)10-5-4-9(2)12(6-10)17-8-11(15)7-13(17)18/h4-6,11H,3,7-8,15H2,1-2H3,(H,16,19). The molecule has 2 rings (SSSR count). The molecule has 3 N–H and O–H groups in total. The molecule has 5 nitrogen and oxygen atoms in total. The van der Waals surface area contributed by atoms with Gasteiger partial charge in [-0.25, -0.2) is 0 Å². The SMILES string of the molecule is CCNC(=O)c1ccc(C)c(N2CC(N)CC2=O)c1. The average molecular weight is 261 g/mol. The minimum absolute atomic E-state index is 0.0173. The van der Waals surface area contributed by atoms with Crippen LogP contribution in [0.2, 0.25) is 0 Å². The van der Waals surface area contributed by atoms with Crippen molar-refractivity contribution >= 4 is 17.5 Å². The van der Waals surface area contributed by atoms with Crippen molar-refractivity contribution < 1.29 is 9.59 Å². The van der Waals surface area contributed by atoms with Crippen molar-refractivity contribution in [1.82, 2.24) is 5.32 Å². The van der Waals surface area contributed by atoms with Gasteiger partial charge in [0.1, 0.15) is 0 Å². The van der Waals surface area contributed by atoms with E-state index in [1.807, 2.05) is 19.9 Å². The summed E-state index contributed by atoms with van der Waals surface area (Å²) in [5.41, 5.74) is 8.12. The number of nitrogens with two attached hydrogens (primary N) is 1. The van der Waals surface area contributed by atoms with Crippen LogP contribution >= 0.6 is 0 Å². The smallest absolute Gasteiger partial charge is 0.251 e. The highest BCUT2D eigenvalue weighted by Crippen LogP contribution is 2.26. The van der Waals surface area contributed by atoms with E-state index in [1.54, 1.807) is 17.0 Å². The predicted molar refractivity (Wildman–Crippen MR) is 74.1 cm³/mol. The Labute approximate surface area is 112 Å². The predicted octanol–water partition coefficient (Wildman–Crippen LogP) is 0.809. The van der Waals surface area contributed by atoms with E-state index in [0.29, 0.717) is 25.1 Å². The minimum atomic E-state index is -0.125. The second kappa shape index (κ2) is 5.40. The van der Waals surface area contributed by atoms with Gasteiger partial charge >= 0.3 is 0 Å². The molecular weight excluding hydrogens is 242 g/mol. The van der Waals surface area contributed by atoms with Crippen LogP contribution in [-0.4, -0.2) is 30.9 Å². The van der Waals surface area contributed by atoms with Gasteiger partial charge in [0.25, 0.3) is 5.91 Å². The molecule has 1 saturated heterocycles. The fourth-order valence-corrected chi connectivity index (χ4v) is 2.27. The van der Waals surface area contributed by atoms with Crippen molar-refractivity contribution in [2.24, 2.45) is 5.73 Å². The Morgan fingerprint density at radius 2 is 2.26 bits per heavy atom. The summed E-state index contributed by atoms with van der Waals surface area (Å²) in [6.07, 6.45) is 0.366. The van der Waals surface area contributed by atoms with E-state index in [4.69, 9.17) is 5.73 Å². The number of benzene rings is 1. The van der Waals surface area contributed by atoms with Crippen LogP contribution in [0.1, 0.15) is 29.3 Å². The molecule has 0 aromatic heterocycles. The Morgan fingerprint density at radius 1 is 1.53 bits per heavy atom. The second-order valence-corrected chi connectivity index (χ2v) is 4.83.